The van der Waals surface area contributed by atoms with Crippen LogP contribution in [0, 0.1) is 13.8 Å². The van der Waals surface area contributed by atoms with Crippen LogP contribution in [-0.2, 0) is 26.2 Å². The van der Waals surface area contributed by atoms with E-state index in [1.54, 1.807) is 0 Å². The Labute approximate surface area is 191 Å². The third kappa shape index (κ3) is 4.57. The second-order valence-corrected chi connectivity index (χ2v) is 6.37. The Morgan fingerprint density at radius 1 is 0.821 bits per heavy atom. The number of nitrogens with zero attached hydrogens (tertiary/aromatic N) is 1. The summed E-state index contributed by atoms with van der Waals surface area (Å²) in [5.74, 6) is 0. The molecule has 0 atom stereocenters. The maximum atomic E-state index is 4.64. The molecular formula is C25H24ClNZr. The molecule has 4 aromatic carbocycles. The molecule has 140 valence electrons. The summed E-state index contributed by atoms with van der Waals surface area (Å²) >= 11 is 4.64. The van der Waals surface area contributed by atoms with Crippen molar-refractivity contribution in [2.45, 2.75) is 13.8 Å². The fourth-order valence-electron chi connectivity index (χ4n) is 3.45. The molecule has 1 aromatic heterocycles. The van der Waals surface area contributed by atoms with Crippen molar-refractivity contribution in [3.63, 3.8) is 0 Å². The van der Waals surface area contributed by atoms with Crippen molar-refractivity contribution in [2.24, 2.45) is 0 Å². The maximum Gasteiger partial charge on any atom is 2.00 e. The van der Waals surface area contributed by atoms with Crippen LogP contribution >= 0.6 is 11.6 Å². The van der Waals surface area contributed by atoms with E-state index in [4.69, 9.17) is 0 Å². The number of rotatable bonds is 1. The van der Waals surface area contributed by atoms with Gasteiger partial charge in [-0.05, 0) is 31.2 Å². The molecule has 0 aliphatic heterocycles. The fraction of sp³-hybridized carbons (Fsp3) is 0.120. The minimum absolute atomic E-state index is 0. The van der Waals surface area contributed by atoms with Crippen LogP contribution in [-0.4, -0.2) is 11.0 Å². The predicted octanol–water partition coefficient (Wildman–Crippen LogP) is 7.38. The standard InChI is InChI=1S/C19H16N.C5H5.CH3Cl.Zr/c1-13-14(2)20(19-10-6-5-9-18(13)19)17-11-15-7-3-4-8-16(15)12-17;1-2-4-5-3-1;1-2;/h3-12H,1-2H3;1-5H;1H3;/q2*-1;;+2. The SMILES string of the molecule is CCl.Cc1c(C)n(-c2cc3ccccc3[cH-]2)c2ccccc12.[Zr+2].c1cc[cH-]c1. The zero-order chi connectivity index (χ0) is 19.2. The second kappa shape index (κ2) is 10.6. The van der Waals surface area contributed by atoms with Crippen molar-refractivity contribution in [3.8, 4) is 5.69 Å². The van der Waals surface area contributed by atoms with Gasteiger partial charge < -0.3 is 4.57 Å². The molecule has 0 saturated heterocycles. The Kier molecular flexibility index (Phi) is 8.48. The molecule has 3 heteroatoms. The van der Waals surface area contributed by atoms with Gasteiger partial charge in [0.15, 0.2) is 0 Å². The maximum absolute atomic E-state index is 4.64. The second-order valence-electron chi connectivity index (χ2n) is 6.37. The predicted molar refractivity (Wildman–Crippen MR) is 120 cm³/mol. The molecule has 0 saturated carbocycles. The van der Waals surface area contributed by atoms with E-state index in [2.05, 4.69) is 90.7 Å². The van der Waals surface area contributed by atoms with E-state index in [9.17, 15) is 0 Å². The molecule has 1 heterocycles. The summed E-state index contributed by atoms with van der Waals surface area (Å²) in [4.78, 5) is 0. The van der Waals surface area contributed by atoms with Gasteiger partial charge in [-0.25, -0.2) is 12.1 Å². The van der Waals surface area contributed by atoms with Crippen LogP contribution < -0.4 is 0 Å². The molecule has 0 aliphatic rings. The number of hydrogen-bond donors (Lipinski definition) is 0. The van der Waals surface area contributed by atoms with Gasteiger partial charge in [-0.3, -0.25) is 0 Å². The van der Waals surface area contributed by atoms with E-state index in [0.717, 1.165) is 0 Å². The number of alkyl halides is 1. The van der Waals surface area contributed by atoms with Gasteiger partial charge in [0.2, 0.25) is 0 Å². The molecular weight excluding hydrogens is 441 g/mol. The van der Waals surface area contributed by atoms with Crippen LogP contribution in [0.4, 0.5) is 0 Å². The van der Waals surface area contributed by atoms with E-state index in [1.165, 1.54) is 45.0 Å². The van der Waals surface area contributed by atoms with Gasteiger partial charge >= 0.3 is 26.2 Å². The minimum Gasteiger partial charge on any atom is -0.332 e. The first-order valence-electron chi connectivity index (χ1n) is 9.02. The molecule has 0 bridgehead atoms. The van der Waals surface area contributed by atoms with Crippen LogP contribution in [0.25, 0.3) is 27.4 Å². The molecule has 0 N–H and O–H groups in total. The normalized spacial score (nSPS) is 9.86. The number of aromatic nitrogens is 1. The van der Waals surface area contributed by atoms with Crippen molar-refractivity contribution in [3.05, 3.63) is 102 Å². The Balaban J connectivity index is 0.000000303. The Morgan fingerprint density at radius 2 is 1.46 bits per heavy atom. The molecule has 0 radical (unpaired) electrons. The summed E-state index contributed by atoms with van der Waals surface area (Å²) in [5.41, 5.74) is 5.23. The molecule has 0 fully saturated rings. The van der Waals surface area contributed by atoms with Gasteiger partial charge in [0, 0.05) is 17.5 Å². The van der Waals surface area contributed by atoms with Crippen molar-refractivity contribution >= 4 is 33.3 Å². The summed E-state index contributed by atoms with van der Waals surface area (Å²) in [6.45, 7) is 4.41. The van der Waals surface area contributed by atoms with Crippen LogP contribution in [0.3, 0.4) is 0 Å². The van der Waals surface area contributed by atoms with Crippen molar-refractivity contribution < 1.29 is 26.2 Å². The summed E-state index contributed by atoms with van der Waals surface area (Å²) in [5, 5.41) is 3.95. The molecule has 5 rings (SSSR count). The largest absolute Gasteiger partial charge is 2.00 e. The number of aryl methyl sites for hydroxylation is 1. The van der Waals surface area contributed by atoms with Crippen LogP contribution in [0.2, 0.25) is 0 Å². The van der Waals surface area contributed by atoms with Gasteiger partial charge in [-0.1, -0.05) is 24.3 Å². The summed E-state index contributed by atoms with van der Waals surface area (Å²) in [6, 6.07) is 31.7. The van der Waals surface area contributed by atoms with E-state index in [1.807, 2.05) is 30.3 Å². The quantitative estimate of drug-likeness (QED) is 0.180. The number of benzene rings is 2. The molecule has 28 heavy (non-hydrogen) atoms. The molecule has 1 nitrogen and oxygen atoms in total. The molecule has 5 aromatic rings. The van der Waals surface area contributed by atoms with Crippen molar-refractivity contribution in [2.75, 3.05) is 6.38 Å². The minimum atomic E-state index is 0. The van der Waals surface area contributed by atoms with Crippen molar-refractivity contribution in [1.29, 1.82) is 0 Å². The third-order valence-corrected chi connectivity index (χ3v) is 4.84. The number of fused-ring (bicyclic) bond motifs is 2. The number of halogens is 1. The first kappa shape index (κ1) is 22.4. The molecule has 0 aliphatic carbocycles. The van der Waals surface area contributed by atoms with E-state index >= 15 is 0 Å². The zero-order valence-corrected chi connectivity index (χ0v) is 19.7. The van der Waals surface area contributed by atoms with Gasteiger partial charge in [-0.15, -0.1) is 52.7 Å². The van der Waals surface area contributed by atoms with Crippen LogP contribution in [0.5, 0.6) is 0 Å². The van der Waals surface area contributed by atoms with Crippen LogP contribution in [0.15, 0.2) is 91.0 Å². The van der Waals surface area contributed by atoms with Gasteiger partial charge in [0.05, 0.1) is 5.52 Å². The Bertz CT molecular complexity index is 1070. The molecule has 0 spiro atoms. The van der Waals surface area contributed by atoms with Gasteiger partial charge in [-0.2, -0.15) is 18.2 Å². The van der Waals surface area contributed by atoms with Crippen molar-refractivity contribution in [1.82, 2.24) is 4.57 Å². The monoisotopic (exact) mass is 463 g/mol. The average molecular weight is 465 g/mol. The van der Waals surface area contributed by atoms with E-state index in [0.29, 0.717) is 0 Å². The summed E-state index contributed by atoms with van der Waals surface area (Å²) < 4.78 is 2.37. The average Bonchev–Trinajstić information content (AvgIpc) is 3.46. The first-order valence-corrected chi connectivity index (χ1v) is 9.78. The van der Waals surface area contributed by atoms with E-state index in [-0.39, 0.29) is 26.2 Å². The topological polar surface area (TPSA) is 4.93 Å². The fourth-order valence-corrected chi connectivity index (χ4v) is 3.45. The molecule has 0 amide bonds. The Hall–Kier alpha value is -1.89. The summed E-state index contributed by atoms with van der Waals surface area (Å²) in [6.07, 6.45) is 1.47. The van der Waals surface area contributed by atoms with Gasteiger partial charge in [0.1, 0.15) is 0 Å². The first-order chi connectivity index (χ1) is 13.3. The summed E-state index contributed by atoms with van der Waals surface area (Å²) in [7, 11) is 0. The number of hydrogen-bond acceptors (Lipinski definition) is 0. The smallest absolute Gasteiger partial charge is 0.332 e. The number of para-hydroxylation sites is 1. The third-order valence-electron chi connectivity index (χ3n) is 4.84. The Morgan fingerprint density at radius 3 is 2.11 bits per heavy atom. The van der Waals surface area contributed by atoms with E-state index < -0.39 is 0 Å². The zero-order valence-electron chi connectivity index (χ0n) is 16.5. The van der Waals surface area contributed by atoms with Crippen LogP contribution in [0.1, 0.15) is 11.3 Å². The molecule has 0 unspecified atom stereocenters. The van der Waals surface area contributed by atoms with Gasteiger partial charge in [0.25, 0.3) is 0 Å².